The van der Waals surface area contributed by atoms with Gasteiger partial charge in [0.2, 0.25) is 11.1 Å². The SMILES string of the molecule is COc1ccc(-c2csc(NC(=O)CSc3nnc(C(F)(F)F)n3N)n2)c(OC)c1. The molecule has 3 rings (SSSR count). The van der Waals surface area contributed by atoms with Gasteiger partial charge in [0.15, 0.2) is 5.13 Å². The van der Waals surface area contributed by atoms with Gasteiger partial charge in [-0.05, 0) is 12.1 Å². The summed E-state index contributed by atoms with van der Waals surface area (Å²) >= 11 is 1.91. The van der Waals surface area contributed by atoms with Crippen molar-refractivity contribution in [2.75, 3.05) is 31.1 Å². The van der Waals surface area contributed by atoms with E-state index in [4.69, 9.17) is 15.3 Å². The number of nitrogen functional groups attached to an aromatic ring is 1. The molecule has 1 amide bonds. The third-order valence-corrected chi connectivity index (χ3v) is 5.39. The van der Waals surface area contributed by atoms with E-state index in [9.17, 15) is 18.0 Å². The summed E-state index contributed by atoms with van der Waals surface area (Å²) in [6.45, 7) is 0. The highest BCUT2D eigenvalue weighted by Crippen LogP contribution is 2.35. The Labute approximate surface area is 176 Å². The number of alkyl halides is 3. The number of benzene rings is 1. The molecule has 0 saturated carbocycles. The Bertz CT molecular complexity index is 1050. The van der Waals surface area contributed by atoms with E-state index in [1.807, 2.05) is 0 Å². The first-order valence-corrected chi connectivity index (χ1v) is 9.97. The fourth-order valence-electron chi connectivity index (χ4n) is 2.32. The Kier molecular flexibility index (Phi) is 6.36. The number of rotatable bonds is 7. The number of thioether (sulfide) groups is 1. The van der Waals surface area contributed by atoms with Crippen molar-refractivity contribution < 1.29 is 27.4 Å². The first-order valence-electron chi connectivity index (χ1n) is 8.11. The van der Waals surface area contributed by atoms with Crippen molar-refractivity contribution in [3.05, 3.63) is 29.4 Å². The lowest BCUT2D eigenvalue weighted by atomic mass is 10.1. The average molecular weight is 460 g/mol. The molecule has 160 valence electrons. The highest BCUT2D eigenvalue weighted by Gasteiger charge is 2.38. The molecule has 14 heteroatoms. The number of halogens is 3. The summed E-state index contributed by atoms with van der Waals surface area (Å²) in [4.78, 5) is 16.5. The Morgan fingerprint density at radius 1 is 1.30 bits per heavy atom. The largest absolute Gasteiger partial charge is 0.497 e. The second kappa shape index (κ2) is 8.79. The molecule has 0 saturated heterocycles. The number of aromatic nitrogens is 4. The number of ether oxygens (including phenoxy) is 2. The number of nitrogens with one attached hydrogen (secondary N) is 1. The van der Waals surface area contributed by atoms with Crippen LogP contribution in [-0.4, -0.2) is 45.7 Å². The second-order valence-corrected chi connectivity index (χ2v) is 7.42. The zero-order valence-electron chi connectivity index (χ0n) is 15.6. The number of nitrogens with two attached hydrogens (primary N) is 1. The third-order valence-electron chi connectivity index (χ3n) is 3.69. The molecule has 0 unspecified atom stereocenters. The van der Waals surface area contributed by atoms with E-state index in [-0.39, 0.29) is 10.9 Å². The molecule has 0 aliphatic rings. The number of anilines is 1. The minimum absolute atomic E-state index is 0.228. The van der Waals surface area contributed by atoms with Gasteiger partial charge in [0.1, 0.15) is 11.5 Å². The highest BCUT2D eigenvalue weighted by atomic mass is 32.2. The van der Waals surface area contributed by atoms with Gasteiger partial charge in [0, 0.05) is 17.0 Å². The van der Waals surface area contributed by atoms with Gasteiger partial charge in [-0.25, -0.2) is 9.66 Å². The van der Waals surface area contributed by atoms with Gasteiger partial charge in [-0.3, -0.25) is 4.79 Å². The van der Waals surface area contributed by atoms with Crippen LogP contribution in [0.2, 0.25) is 0 Å². The molecule has 30 heavy (non-hydrogen) atoms. The molecular formula is C16H15F3N6O3S2. The van der Waals surface area contributed by atoms with Gasteiger partial charge in [-0.15, -0.1) is 21.5 Å². The smallest absolute Gasteiger partial charge is 0.453 e. The number of amides is 1. The molecule has 0 spiro atoms. The Balaban J connectivity index is 1.64. The fraction of sp³-hybridized carbons (Fsp3) is 0.250. The van der Waals surface area contributed by atoms with Crippen molar-refractivity contribution in [3.8, 4) is 22.8 Å². The van der Waals surface area contributed by atoms with Gasteiger partial charge in [-0.2, -0.15) is 13.2 Å². The average Bonchev–Trinajstić information content (AvgIpc) is 3.32. The molecule has 0 radical (unpaired) electrons. The van der Waals surface area contributed by atoms with Crippen LogP contribution in [-0.2, 0) is 11.0 Å². The van der Waals surface area contributed by atoms with Crippen LogP contribution in [0.25, 0.3) is 11.3 Å². The molecule has 2 aromatic heterocycles. The third kappa shape index (κ3) is 4.76. The number of nitrogens with zero attached hydrogens (tertiary/aromatic N) is 4. The highest BCUT2D eigenvalue weighted by molar-refractivity contribution is 7.99. The lowest BCUT2D eigenvalue weighted by Gasteiger charge is -2.08. The van der Waals surface area contributed by atoms with E-state index in [1.165, 1.54) is 18.4 Å². The molecule has 3 aromatic rings. The van der Waals surface area contributed by atoms with Crippen molar-refractivity contribution in [1.82, 2.24) is 19.9 Å². The van der Waals surface area contributed by atoms with Crippen molar-refractivity contribution in [1.29, 1.82) is 0 Å². The predicted octanol–water partition coefficient (Wildman–Crippen LogP) is 2.88. The van der Waals surface area contributed by atoms with Crippen LogP contribution < -0.4 is 20.6 Å². The predicted molar refractivity (Wildman–Crippen MR) is 105 cm³/mol. The minimum atomic E-state index is -4.73. The van der Waals surface area contributed by atoms with Gasteiger partial charge in [-0.1, -0.05) is 11.8 Å². The summed E-state index contributed by atoms with van der Waals surface area (Å²) in [7, 11) is 3.06. The van der Waals surface area contributed by atoms with E-state index < -0.39 is 17.9 Å². The maximum Gasteiger partial charge on any atom is 0.453 e. The van der Waals surface area contributed by atoms with Crippen molar-refractivity contribution >= 4 is 34.1 Å². The molecule has 0 atom stereocenters. The van der Waals surface area contributed by atoms with Crippen LogP contribution >= 0.6 is 23.1 Å². The van der Waals surface area contributed by atoms with E-state index in [0.717, 1.165) is 11.8 Å². The monoisotopic (exact) mass is 460 g/mol. The molecule has 2 heterocycles. The van der Waals surface area contributed by atoms with Gasteiger partial charge in [0.25, 0.3) is 5.82 Å². The zero-order chi connectivity index (χ0) is 21.9. The molecule has 9 nitrogen and oxygen atoms in total. The normalized spacial score (nSPS) is 11.4. The van der Waals surface area contributed by atoms with Crippen LogP contribution in [0.1, 0.15) is 5.82 Å². The van der Waals surface area contributed by atoms with E-state index in [0.29, 0.717) is 32.6 Å². The molecule has 0 bridgehead atoms. The van der Waals surface area contributed by atoms with E-state index in [2.05, 4.69) is 20.5 Å². The Morgan fingerprint density at radius 2 is 2.07 bits per heavy atom. The number of carbonyl (C=O) groups is 1. The first-order chi connectivity index (χ1) is 14.2. The Hall–Kier alpha value is -3.00. The van der Waals surface area contributed by atoms with Gasteiger partial charge in [0.05, 0.1) is 25.7 Å². The quantitative estimate of drug-likeness (QED) is 0.408. The second-order valence-electron chi connectivity index (χ2n) is 5.61. The Morgan fingerprint density at radius 3 is 2.70 bits per heavy atom. The summed E-state index contributed by atoms with van der Waals surface area (Å²) in [5.74, 6) is 4.45. The van der Waals surface area contributed by atoms with Crippen LogP contribution in [0.4, 0.5) is 18.3 Å². The number of hydrogen-bond donors (Lipinski definition) is 2. The lowest BCUT2D eigenvalue weighted by molar-refractivity contribution is -0.146. The summed E-state index contributed by atoms with van der Waals surface area (Å²) in [6.07, 6.45) is -4.73. The number of carbonyl (C=O) groups excluding carboxylic acids is 1. The standard InChI is InChI=1S/C16H15F3N6O3S2/c1-27-8-3-4-9(11(5-8)28-2)10-6-29-14(21-10)22-12(26)7-30-15-24-23-13(25(15)20)16(17,18)19/h3-6H,7,20H2,1-2H3,(H,21,22,26). The lowest BCUT2D eigenvalue weighted by Crippen LogP contribution is -2.22. The van der Waals surface area contributed by atoms with Gasteiger partial charge < -0.3 is 20.6 Å². The van der Waals surface area contributed by atoms with Crippen LogP contribution in [0, 0.1) is 0 Å². The number of methoxy groups -OCH3 is 2. The maximum absolute atomic E-state index is 12.7. The van der Waals surface area contributed by atoms with Crippen LogP contribution in [0.5, 0.6) is 11.5 Å². The molecule has 0 fully saturated rings. The van der Waals surface area contributed by atoms with Crippen molar-refractivity contribution in [2.24, 2.45) is 0 Å². The zero-order valence-corrected chi connectivity index (χ0v) is 17.2. The van der Waals surface area contributed by atoms with Crippen molar-refractivity contribution in [3.63, 3.8) is 0 Å². The summed E-state index contributed by atoms with van der Waals surface area (Å²) in [6, 6.07) is 5.24. The number of hydrogen-bond acceptors (Lipinski definition) is 9. The fourth-order valence-corrected chi connectivity index (χ4v) is 3.70. The summed E-state index contributed by atoms with van der Waals surface area (Å²) < 4.78 is 48.8. The van der Waals surface area contributed by atoms with Crippen LogP contribution in [0.3, 0.4) is 0 Å². The first kappa shape index (κ1) is 21.7. The topological polar surface area (TPSA) is 117 Å². The van der Waals surface area contributed by atoms with Crippen LogP contribution in [0.15, 0.2) is 28.7 Å². The molecule has 1 aromatic carbocycles. The van der Waals surface area contributed by atoms with Crippen molar-refractivity contribution in [2.45, 2.75) is 11.3 Å². The summed E-state index contributed by atoms with van der Waals surface area (Å²) in [5.41, 5.74) is 1.29. The molecular weight excluding hydrogens is 445 g/mol. The maximum atomic E-state index is 12.7. The molecule has 3 N–H and O–H groups in total. The minimum Gasteiger partial charge on any atom is -0.497 e. The molecule has 0 aliphatic heterocycles. The molecule has 0 aliphatic carbocycles. The van der Waals surface area contributed by atoms with E-state index in [1.54, 1.807) is 30.7 Å². The van der Waals surface area contributed by atoms with Gasteiger partial charge >= 0.3 is 6.18 Å². The van der Waals surface area contributed by atoms with E-state index >= 15 is 0 Å². The number of thiazole rings is 1. The summed E-state index contributed by atoms with van der Waals surface area (Å²) in [5, 5.41) is 10.7.